The van der Waals surface area contributed by atoms with Crippen molar-refractivity contribution in [2.45, 2.75) is 25.4 Å². The first kappa shape index (κ1) is 13.5. The van der Waals surface area contributed by atoms with E-state index in [2.05, 4.69) is 10.3 Å². The maximum absolute atomic E-state index is 11.8. The Labute approximate surface area is 111 Å². The quantitative estimate of drug-likeness (QED) is 0.795. The summed E-state index contributed by atoms with van der Waals surface area (Å²) in [6.45, 7) is 1.88. The molecule has 0 aromatic carbocycles. The number of aromatic nitrogens is 1. The number of hydrogen-bond donors (Lipinski definition) is 2. The molecule has 0 aliphatic carbocycles. The Morgan fingerprint density at radius 2 is 2.37 bits per heavy atom. The number of piperazine rings is 1. The maximum atomic E-state index is 11.8. The van der Waals surface area contributed by atoms with Crippen molar-refractivity contribution < 1.29 is 14.7 Å². The van der Waals surface area contributed by atoms with E-state index in [0.29, 0.717) is 26.1 Å². The molecule has 0 spiro atoms. The summed E-state index contributed by atoms with van der Waals surface area (Å²) in [7, 11) is 0. The molecule has 1 aliphatic heterocycles. The highest BCUT2D eigenvalue weighted by atomic mass is 16.4. The number of nitrogens with zero attached hydrogens (tertiary/aromatic N) is 2. The Hall–Kier alpha value is -1.95. The van der Waals surface area contributed by atoms with E-state index in [9.17, 15) is 9.59 Å². The van der Waals surface area contributed by atoms with Crippen LogP contribution in [0.4, 0.5) is 0 Å². The van der Waals surface area contributed by atoms with Crippen LogP contribution in [0.25, 0.3) is 0 Å². The highest BCUT2D eigenvalue weighted by Gasteiger charge is 2.29. The first-order chi connectivity index (χ1) is 9.16. The van der Waals surface area contributed by atoms with Gasteiger partial charge in [0.25, 0.3) is 0 Å². The van der Waals surface area contributed by atoms with E-state index < -0.39 is 5.97 Å². The van der Waals surface area contributed by atoms with Gasteiger partial charge in [-0.1, -0.05) is 6.07 Å². The minimum absolute atomic E-state index is 0.00317. The third kappa shape index (κ3) is 3.75. The summed E-state index contributed by atoms with van der Waals surface area (Å²) in [6.07, 6.45) is 2.04. The Morgan fingerprint density at radius 1 is 1.53 bits per heavy atom. The zero-order valence-corrected chi connectivity index (χ0v) is 10.6. The molecule has 1 aromatic heterocycles. The first-order valence-corrected chi connectivity index (χ1v) is 6.30. The van der Waals surface area contributed by atoms with Gasteiger partial charge < -0.3 is 10.4 Å². The number of rotatable bonds is 5. The van der Waals surface area contributed by atoms with E-state index in [4.69, 9.17) is 5.11 Å². The number of hydrogen-bond acceptors (Lipinski definition) is 4. The highest BCUT2D eigenvalue weighted by Crippen LogP contribution is 2.14. The molecule has 19 heavy (non-hydrogen) atoms. The fraction of sp³-hybridized carbons (Fsp3) is 0.462. The number of carboxylic acids is 1. The molecule has 0 saturated carbocycles. The standard InChI is InChI=1S/C13H17N3O3/c17-12(18)5-4-11-13(19)15-7-8-16(11)9-10-3-1-2-6-14-10/h1-3,6,11H,4-5,7-9H2,(H,15,19)(H,17,18). The summed E-state index contributed by atoms with van der Waals surface area (Å²) in [6, 6.07) is 5.26. The second-order valence-electron chi connectivity index (χ2n) is 4.53. The van der Waals surface area contributed by atoms with Gasteiger partial charge in [0, 0.05) is 32.3 Å². The second-order valence-corrected chi connectivity index (χ2v) is 4.53. The molecule has 1 unspecified atom stereocenters. The van der Waals surface area contributed by atoms with E-state index in [1.165, 1.54) is 0 Å². The van der Waals surface area contributed by atoms with Crippen molar-refractivity contribution in [2.24, 2.45) is 0 Å². The van der Waals surface area contributed by atoms with Crippen LogP contribution in [0.1, 0.15) is 18.5 Å². The van der Waals surface area contributed by atoms with Crippen molar-refractivity contribution >= 4 is 11.9 Å². The molecule has 0 bridgehead atoms. The molecule has 0 radical (unpaired) electrons. The predicted molar refractivity (Wildman–Crippen MR) is 68.3 cm³/mol. The lowest BCUT2D eigenvalue weighted by atomic mass is 10.1. The fourth-order valence-electron chi connectivity index (χ4n) is 2.23. The van der Waals surface area contributed by atoms with Crippen LogP contribution >= 0.6 is 0 Å². The smallest absolute Gasteiger partial charge is 0.303 e. The average Bonchev–Trinajstić information content (AvgIpc) is 2.39. The monoisotopic (exact) mass is 263 g/mol. The van der Waals surface area contributed by atoms with Crippen molar-refractivity contribution in [3.8, 4) is 0 Å². The number of carbonyl (C=O) groups is 2. The summed E-state index contributed by atoms with van der Waals surface area (Å²) in [5, 5.41) is 11.5. The molecule has 1 fully saturated rings. The van der Waals surface area contributed by atoms with Crippen LogP contribution < -0.4 is 5.32 Å². The topological polar surface area (TPSA) is 82.5 Å². The second kappa shape index (κ2) is 6.29. The SMILES string of the molecule is O=C(O)CCC1C(=O)NCCN1Cc1ccccn1. The van der Waals surface area contributed by atoms with E-state index in [1.54, 1.807) is 6.20 Å². The van der Waals surface area contributed by atoms with Gasteiger partial charge in [-0.25, -0.2) is 0 Å². The molecule has 6 heteroatoms. The van der Waals surface area contributed by atoms with Gasteiger partial charge in [0.15, 0.2) is 0 Å². The van der Waals surface area contributed by atoms with E-state index in [1.807, 2.05) is 23.1 Å². The van der Waals surface area contributed by atoms with Crippen LogP contribution in [-0.2, 0) is 16.1 Å². The predicted octanol–water partition coefficient (Wildman–Crippen LogP) is 0.247. The van der Waals surface area contributed by atoms with Gasteiger partial charge in [0.1, 0.15) is 0 Å². The van der Waals surface area contributed by atoms with Crippen LogP contribution in [0, 0.1) is 0 Å². The average molecular weight is 263 g/mol. The summed E-state index contributed by atoms with van der Waals surface area (Å²) in [4.78, 5) is 28.7. The van der Waals surface area contributed by atoms with Crippen molar-refractivity contribution in [1.82, 2.24) is 15.2 Å². The Bertz CT molecular complexity index is 450. The lowest BCUT2D eigenvalue weighted by molar-refractivity contribution is -0.138. The van der Waals surface area contributed by atoms with Crippen molar-refractivity contribution in [3.05, 3.63) is 30.1 Å². The van der Waals surface area contributed by atoms with Crippen LogP contribution in [0.3, 0.4) is 0 Å². The maximum Gasteiger partial charge on any atom is 0.303 e. The zero-order chi connectivity index (χ0) is 13.7. The summed E-state index contributed by atoms with van der Waals surface area (Å²) in [5.74, 6) is -0.973. The van der Waals surface area contributed by atoms with Crippen LogP contribution in [0.2, 0.25) is 0 Å². The number of aliphatic carboxylic acids is 1. The molecular weight excluding hydrogens is 246 g/mol. The molecule has 6 nitrogen and oxygen atoms in total. The van der Waals surface area contributed by atoms with Gasteiger partial charge in [-0.05, 0) is 18.6 Å². The van der Waals surface area contributed by atoms with Crippen LogP contribution in [-0.4, -0.2) is 46.0 Å². The molecule has 1 amide bonds. The lowest BCUT2D eigenvalue weighted by Crippen LogP contribution is -2.54. The number of carbonyl (C=O) groups excluding carboxylic acids is 1. The first-order valence-electron chi connectivity index (χ1n) is 6.30. The van der Waals surface area contributed by atoms with Crippen molar-refractivity contribution in [3.63, 3.8) is 0 Å². The van der Waals surface area contributed by atoms with E-state index in [0.717, 1.165) is 5.69 Å². The van der Waals surface area contributed by atoms with Gasteiger partial charge in [0.2, 0.25) is 5.91 Å². The minimum atomic E-state index is -0.879. The summed E-state index contributed by atoms with van der Waals surface area (Å²) >= 11 is 0. The minimum Gasteiger partial charge on any atom is -0.481 e. The Morgan fingerprint density at radius 3 is 3.05 bits per heavy atom. The molecule has 2 rings (SSSR count). The normalized spacial score (nSPS) is 20.0. The lowest BCUT2D eigenvalue weighted by Gasteiger charge is -2.34. The molecule has 2 heterocycles. The number of pyridine rings is 1. The van der Waals surface area contributed by atoms with Gasteiger partial charge in [-0.15, -0.1) is 0 Å². The molecule has 1 aromatic rings. The van der Waals surface area contributed by atoms with Gasteiger partial charge in [0.05, 0.1) is 11.7 Å². The molecular formula is C13H17N3O3. The van der Waals surface area contributed by atoms with Gasteiger partial charge >= 0.3 is 5.97 Å². The zero-order valence-electron chi connectivity index (χ0n) is 10.6. The number of amides is 1. The van der Waals surface area contributed by atoms with Crippen molar-refractivity contribution in [1.29, 1.82) is 0 Å². The third-order valence-electron chi connectivity index (χ3n) is 3.16. The Balaban J connectivity index is 2.02. The highest BCUT2D eigenvalue weighted by molar-refractivity contribution is 5.83. The summed E-state index contributed by atoms with van der Waals surface area (Å²) in [5.41, 5.74) is 0.887. The largest absolute Gasteiger partial charge is 0.481 e. The fourth-order valence-corrected chi connectivity index (χ4v) is 2.23. The summed E-state index contributed by atoms with van der Waals surface area (Å²) < 4.78 is 0. The van der Waals surface area contributed by atoms with Gasteiger partial charge in [-0.2, -0.15) is 0 Å². The molecule has 1 aliphatic rings. The number of carboxylic acid groups (broad SMARTS) is 1. The van der Waals surface area contributed by atoms with E-state index in [-0.39, 0.29) is 18.4 Å². The number of nitrogens with one attached hydrogen (secondary N) is 1. The Kier molecular flexibility index (Phi) is 4.46. The third-order valence-corrected chi connectivity index (χ3v) is 3.16. The molecule has 2 N–H and O–H groups in total. The van der Waals surface area contributed by atoms with E-state index >= 15 is 0 Å². The molecule has 1 saturated heterocycles. The van der Waals surface area contributed by atoms with Crippen molar-refractivity contribution in [2.75, 3.05) is 13.1 Å². The van der Waals surface area contributed by atoms with Gasteiger partial charge in [-0.3, -0.25) is 19.5 Å². The van der Waals surface area contributed by atoms with Crippen LogP contribution in [0.15, 0.2) is 24.4 Å². The molecule has 102 valence electrons. The van der Waals surface area contributed by atoms with Crippen LogP contribution in [0.5, 0.6) is 0 Å². The molecule has 1 atom stereocenters.